The summed E-state index contributed by atoms with van der Waals surface area (Å²) in [5, 5.41) is 13.2. The molecule has 1 N–H and O–H groups in total. The fourth-order valence-electron chi connectivity index (χ4n) is 4.45. The lowest BCUT2D eigenvalue weighted by atomic mass is 9.92. The van der Waals surface area contributed by atoms with Crippen molar-refractivity contribution in [3.8, 4) is 0 Å². The molecule has 0 spiro atoms. The quantitative estimate of drug-likeness (QED) is 0.445. The van der Waals surface area contributed by atoms with Crippen LogP contribution in [0.3, 0.4) is 0 Å². The number of rotatable bonds is 7. The van der Waals surface area contributed by atoms with E-state index in [0.29, 0.717) is 13.2 Å². The maximum atomic E-state index is 10.7. The molecule has 2 atom stereocenters. The minimum Gasteiger partial charge on any atom is -0.403 e. The molecular weight excluding hydrogens is 400 g/mol. The van der Waals surface area contributed by atoms with Gasteiger partial charge in [-0.25, -0.2) is 0 Å². The van der Waals surface area contributed by atoms with Crippen LogP contribution in [0.2, 0.25) is 5.04 Å². The van der Waals surface area contributed by atoms with Crippen molar-refractivity contribution in [1.29, 1.82) is 0 Å². The fraction of sp³-hybridized carbons (Fsp3) is 0.333. The number of benzene rings is 3. The van der Waals surface area contributed by atoms with Crippen molar-refractivity contribution < 1.29 is 14.3 Å². The van der Waals surface area contributed by atoms with Gasteiger partial charge in [-0.2, -0.15) is 0 Å². The van der Waals surface area contributed by atoms with E-state index in [1.165, 1.54) is 10.4 Å². The number of ether oxygens (including phenoxy) is 1. The maximum absolute atomic E-state index is 10.7. The van der Waals surface area contributed by atoms with E-state index in [1.54, 1.807) is 0 Å². The molecule has 0 aliphatic carbocycles. The van der Waals surface area contributed by atoms with E-state index < -0.39 is 13.9 Å². The van der Waals surface area contributed by atoms with Crippen LogP contribution in [0.15, 0.2) is 84.9 Å². The Morgan fingerprint density at radius 1 is 0.839 bits per heavy atom. The van der Waals surface area contributed by atoms with Crippen LogP contribution in [0.4, 0.5) is 0 Å². The van der Waals surface area contributed by atoms with Crippen molar-refractivity contribution >= 4 is 18.7 Å². The lowest BCUT2D eigenvalue weighted by Crippen LogP contribution is -2.66. The Kier molecular flexibility index (Phi) is 5.92. The summed E-state index contributed by atoms with van der Waals surface area (Å²) in [5.74, 6) is 0. The second kappa shape index (κ2) is 8.36. The molecule has 1 aliphatic heterocycles. The van der Waals surface area contributed by atoms with Gasteiger partial charge in [-0.05, 0) is 33.5 Å². The fourth-order valence-corrected chi connectivity index (χ4v) is 8.99. The SMILES string of the molecule is CC(C)(C)[Si](OCc1ccc([C@@](C)(O)C2CO2)cc1)(c1ccccc1)c1ccccc1. The Morgan fingerprint density at radius 3 is 1.74 bits per heavy atom. The zero-order chi connectivity index (χ0) is 22.1. The summed E-state index contributed by atoms with van der Waals surface area (Å²) in [6.45, 7) is 9.82. The van der Waals surface area contributed by atoms with Gasteiger partial charge in [-0.1, -0.05) is 106 Å². The van der Waals surface area contributed by atoms with Crippen molar-refractivity contribution in [3.05, 3.63) is 96.1 Å². The standard InChI is InChI=1S/C27H32O3Si/c1-26(2,3)31(23-11-7-5-8-12-23,24-13-9-6-10-14-24)30-19-21-15-17-22(18-16-21)27(4,28)25-20-29-25/h5-18,25,28H,19-20H2,1-4H3/t25?,27-/m1/s1. The summed E-state index contributed by atoms with van der Waals surface area (Å²) < 4.78 is 12.3. The van der Waals surface area contributed by atoms with Gasteiger partial charge in [-0.3, -0.25) is 0 Å². The molecule has 3 nitrogen and oxygen atoms in total. The van der Waals surface area contributed by atoms with Crippen molar-refractivity contribution in [2.45, 2.75) is 51.0 Å². The molecule has 0 aromatic heterocycles. The first kappa shape index (κ1) is 22.0. The molecule has 3 aromatic rings. The molecule has 0 radical (unpaired) electrons. The first-order valence-corrected chi connectivity index (χ1v) is 12.8. The van der Waals surface area contributed by atoms with Gasteiger partial charge in [0.2, 0.25) is 0 Å². The van der Waals surface area contributed by atoms with E-state index in [4.69, 9.17) is 9.16 Å². The van der Waals surface area contributed by atoms with Crippen LogP contribution in [-0.2, 0) is 21.4 Å². The van der Waals surface area contributed by atoms with Gasteiger partial charge in [0.25, 0.3) is 8.32 Å². The normalized spacial score (nSPS) is 18.4. The molecule has 1 fully saturated rings. The summed E-state index contributed by atoms with van der Waals surface area (Å²) in [4.78, 5) is 0. The lowest BCUT2D eigenvalue weighted by Gasteiger charge is -2.43. The van der Waals surface area contributed by atoms with Gasteiger partial charge >= 0.3 is 0 Å². The molecular formula is C27H32O3Si. The highest BCUT2D eigenvalue weighted by Gasteiger charge is 2.50. The van der Waals surface area contributed by atoms with Crippen molar-refractivity contribution in [2.24, 2.45) is 0 Å². The molecule has 0 saturated carbocycles. The van der Waals surface area contributed by atoms with Crippen LogP contribution in [0, 0.1) is 0 Å². The number of aliphatic hydroxyl groups is 1. The van der Waals surface area contributed by atoms with Crippen LogP contribution in [0.25, 0.3) is 0 Å². The highest BCUT2D eigenvalue weighted by atomic mass is 28.4. The summed E-state index contributed by atoms with van der Waals surface area (Å²) in [6.07, 6.45) is -0.105. The Morgan fingerprint density at radius 2 is 1.32 bits per heavy atom. The van der Waals surface area contributed by atoms with Gasteiger partial charge in [0.15, 0.2) is 0 Å². The zero-order valence-corrected chi connectivity index (χ0v) is 19.8. The number of hydrogen-bond acceptors (Lipinski definition) is 3. The van der Waals surface area contributed by atoms with Crippen molar-refractivity contribution in [2.75, 3.05) is 6.61 Å². The van der Waals surface area contributed by atoms with Gasteiger partial charge in [-0.15, -0.1) is 0 Å². The smallest absolute Gasteiger partial charge is 0.261 e. The van der Waals surface area contributed by atoms with Crippen molar-refractivity contribution in [3.63, 3.8) is 0 Å². The topological polar surface area (TPSA) is 42.0 Å². The van der Waals surface area contributed by atoms with E-state index in [2.05, 4.69) is 93.6 Å². The number of epoxide rings is 1. The van der Waals surface area contributed by atoms with E-state index in [0.717, 1.165) is 11.1 Å². The molecule has 3 aromatic carbocycles. The van der Waals surface area contributed by atoms with Gasteiger partial charge in [0.05, 0.1) is 13.2 Å². The Balaban J connectivity index is 1.67. The summed E-state index contributed by atoms with van der Waals surface area (Å²) in [7, 11) is -2.56. The second-order valence-corrected chi connectivity index (χ2v) is 13.9. The van der Waals surface area contributed by atoms with E-state index in [9.17, 15) is 5.11 Å². The molecule has 0 amide bonds. The summed E-state index contributed by atoms with van der Waals surface area (Å²) >= 11 is 0. The molecule has 1 unspecified atom stereocenters. The van der Waals surface area contributed by atoms with Crippen LogP contribution in [0.5, 0.6) is 0 Å². The van der Waals surface area contributed by atoms with Gasteiger partial charge < -0.3 is 14.3 Å². The highest BCUT2D eigenvalue weighted by Crippen LogP contribution is 2.38. The van der Waals surface area contributed by atoms with Gasteiger partial charge in [0.1, 0.15) is 11.7 Å². The molecule has 162 valence electrons. The van der Waals surface area contributed by atoms with E-state index in [-0.39, 0.29) is 11.1 Å². The molecule has 31 heavy (non-hydrogen) atoms. The second-order valence-electron chi connectivity index (χ2n) is 9.62. The monoisotopic (exact) mass is 432 g/mol. The maximum Gasteiger partial charge on any atom is 0.261 e. The van der Waals surface area contributed by atoms with Crippen LogP contribution >= 0.6 is 0 Å². The molecule has 1 heterocycles. The zero-order valence-electron chi connectivity index (χ0n) is 18.8. The Hall–Kier alpha value is -2.24. The first-order valence-electron chi connectivity index (χ1n) is 10.9. The van der Waals surface area contributed by atoms with Crippen LogP contribution in [-0.4, -0.2) is 26.1 Å². The van der Waals surface area contributed by atoms with Crippen LogP contribution in [0.1, 0.15) is 38.8 Å². The molecule has 4 heteroatoms. The molecule has 1 aliphatic rings. The van der Waals surface area contributed by atoms with E-state index >= 15 is 0 Å². The van der Waals surface area contributed by atoms with Crippen LogP contribution < -0.4 is 10.4 Å². The van der Waals surface area contributed by atoms with E-state index in [1.807, 2.05) is 19.1 Å². The highest BCUT2D eigenvalue weighted by molar-refractivity contribution is 6.99. The van der Waals surface area contributed by atoms with Crippen molar-refractivity contribution in [1.82, 2.24) is 0 Å². The minimum absolute atomic E-state index is 0.0529. The Labute approximate surface area is 186 Å². The molecule has 0 bridgehead atoms. The molecule has 1 saturated heterocycles. The average Bonchev–Trinajstić information content (AvgIpc) is 3.61. The lowest BCUT2D eigenvalue weighted by molar-refractivity contribution is 0.0259. The predicted octanol–water partition coefficient (Wildman–Crippen LogP) is 4.37. The summed E-state index contributed by atoms with van der Waals surface area (Å²) in [5.41, 5.74) is 1.03. The third kappa shape index (κ3) is 4.26. The summed E-state index contributed by atoms with van der Waals surface area (Å²) in [6, 6.07) is 29.5. The average molecular weight is 433 g/mol. The van der Waals surface area contributed by atoms with Gasteiger partial charge in [0, 0.05) is 0 Å². The number of hydrogen-bond donors (Lipinski definition) is 1. The predicted molar refractivity (Wildman–Crippen MR) is 128 cm³/mol. The minimum atomic E-state index is -2.56. The largest absolute Gasteiger partial charge is 0.403 e. The third-order valence-corrected chi connectivity index (χ3v) is 11.4. The first-order chi connectivity index (χ1) is 14.7. The Bertz CT molecular complexity index is 949. The molecule has 4 rings (SSSR count). The third-order valence-electron chi connectivity index (χ3n) is 6.37.